The minimum absolute atomic E-state index is 0.774. The second-order valence-corrected chi connectivity index (χ2v) is 3.96. The molecule has 0 spiro atoms. The summed E-state index contributed by atoms with van der Waals surface area (Å²) in [5.41, 5.74) is 1.93. The molecule has 1 heterocycles. The fourth-order valence-electron chi connectivity index (χ4n) is 1.25. The van der Waals surface area contributed by atoms with Crippen molar-refractivity contribution in [3.8, 4) is 11.3 Å². The van der Waals surface area contributed by atoms with E-state index in [2.05, 4.69) is 31.2 Å². The summed E-state index contributed by atoms with van der Waals surface area (Å²) in [5.74, 6) is 0.774. The highest BCUT2D eigenvalue weighted by molar-refractivity contribution is 9.10. The molecule has 0 aliphatic rings. The van der Waals surface area contributed by atoms with E-state index in [1.54, 1.807) is 12.4 Å². The molecule has 0 unspecified atom stereocenters. The summed E-state index contributed by atoms with van der Waals surface area (Å²) in [6.07, 6.45) is 3.45. The first-order chi connectivity index (χ1) is 7.29. The van der Waals surface area contributed by atoms with E-state index >= 15 is 0 Å². The van der Waals surface area contributed by atoms with Crippen molar-refractivity contribution in [2.75, 3.05) is 12.4 Å². The molecule has 0 aliphatic carbocycles. The third-order valence-electron chi connectivity index (χ3n) is 2.03. The molecule has 0 atom stereocenters. The minimum atomic E-state index is 0.774. The van der Waals surface area contributed by atoms with Crippen LogP contribution in [0.3, 0.4) is 0 Å². The fourth-order valence-corrected chi connectivity index (χ4v) is 1.51. The third-order valence-corrected chi connectivity index (χ3v) is 2.56. The van der Waals surface area contributed by atoms with Crippen LogP contribution in [0.15, 0.2) is 41.1 Å². The van der Waals surface area contributed by atoms with Gasteiger partial charge in [-0.2, -0.15) is 0 Å². The summed E-state index contributed by atoms with van der Waals surface area (Å²) < 4.78 is 1.06. The zero-order chi connectivity index (χ0) is 10.7. The molecule has 0 saturated carbocycles. The van der Waals surface area contributed by atoms with Gasteiger partial charge in [-0.05, 0) is 12.1 Å². The number of halogens is 1. The van der Waals surface area contributed by atoms with Crippen LogP contribution >= 0.6 is 15.9 Å². The zero-order valence-electron chi connectivity index (χ0n) is 8.24. The topological polar surface area (TPSA) is 37.8 Å². The first-order valence-electron chi connectivity index (χ1n) is 4.55. The van der Waals surface area contributed by atoms with E-state index < -0.39 is 0 Å². The third kappa shape index (κ3) is 2.33. The first kappa shape index (κ1) is 10.1. The summed E-state index contributed by atoms with van der Waals surface area (Å²) in [4.78, 5) is 8.52. The van der Waals surface area contributed by atoms with Crippen LogP contribution in [0.25, 0.3) is 11.3 Å². The Morgan fingerprint density at radius 3 is 2.53 bits per heavy atom. The lowest BCUT2D eigenvalue weighted by Crippen LogP contribution is -1.94. The Morgan fingerprint density at radius 2 is 1.87 bits per heavy atom. The molecule has 4 heteroatoms. The molecule has 76 valence electrons. The average molecular weight is 264 g/mol. The molecular weight excluding hydrogens is 254 g/mol. The number of aromatic nitrogens is 2. The minimum Gasteiger partial charge on any atom is -0.372 e. The van der Waals surface area contributed by atoms with Crippen LogP contribution in [0.4, 0.5) is 5.82 Å². The Morgan fingerprint density at radius 1 is 1.13 bits per heavy atom. The van der Waals surface area contributed by atoms with Gasteiger partial charge in [-0.1, -0.05) is 28.1 Å². The molecule has 0 amide bonds. The van der Waals surface area contributed by atoms with Crippen LogP contribution < -0.4 is 5.32 Å². The van der Waals surface area contributed by atoms with Crippen molar-refractivity contribution in [2.24, 2.45) is 0 Å². The predicted octanol–water partition coefficient (Wildman–Crippen LogP) is 2.95. The molecule has 0 aliphatic heterocycles. The van der Waals surface area contributed by atoms with Gasteiger partial charge in [0.15, 0.2) is 0 Å². The van der Waals surface area contributed by atoms with E-state index in [0.717, 1.165) is 21.5 Å². The largest absolute Gasteiger partial charge is 0.372 e. The van der Waals surface area contributed by atoms with Gasteiger partial charge in [0.1, 0.15) is 5.82 Å². The second-order valence-electron chi connectivity index (χ2n) is 3.05. The quantitative estimate of drug-likeness (QED) is 0.906. The Labute approximate surface area is 96.7 Å². The van der Waals surface area contributed by atoms with E-state index in [-0.39, 0.29) is 0 Å². The number of nitrogens with one attached hydrogen (secondary N) is 1. The maximum atomic E-state index is 4.40. The maximum Gasteiger partial charge on any atom is 0.144 e. The molecule has 2 rings (SSSR count). The van der Waals surface area contributed by atoms with Crippen molar-refractivity contribution >= 4 is 21.7 Å². The number of anilines is 1. The van der Waals surface area contributed by atoms with Crippen LogP contribution in [0.2, 0.25) is 0 Å². The van der Waals surface area contributed by atoms with Gasteiger partial charge in [0.25, 0.3) is 0 Å². The summed E-state index contributed by atoms with van der Waals surface area (Å²) in [5, 5.41) is 2.97. The SMILES string of the molecule is CNc1cncc(-c2ccc(Br)cc2)n1. The van der Waals surface area contributed by atoms with Crippen LogP contribution in [0.1, 0.15) is 0 Å². The summed E-state index contributed by atoms with van der Waals surface area (Å²) in [6, 6.07) is 7.99. The van der Waals surface area contributed by atoms with E-state index in [9.17, 15) is 0 Å². The highest BCUT2D eigenvalue weighted by Crippen LogP contribution is 2.20. The predicted molar refractivity (Wildman–Crippen MR) is 64.7 cm³/mol. The van der Waals surface area contributed by atoms with Crippen molar-refractivity contribution in [3.63, 3.8) is 0 Å². The molecule has 1 N–H and O–H groups in total. The first-order valence-corrected chi connectivity index (χ1v) is 5.34. The smallest absolute Gasteiger partial charge is 0.144 e. The molecule has 1 aromatic carbocycles. The molecular formula is C11H10BrN3. The van der Waals surface area contributed by atoms with Crippen molar-refractivity contribution in [3.05, 3.63) is 41.1 Å². The Hall–Kier alpha value is -1.42. The van der Waals surface area contributed by atoms with Gasteiger partial charge in [-0.25, -0.2) is 4.98 Å². The lowest BCUT2D eigenvalue weighted by molar-refractivity contribution is 1.19. The van der Waals surface area contributed by atoms with E-state index in [0.29, 0.717) is 0 Å². The summed E-state index contributed by atoms with van der Waals surface area (Å²) in [6.45, 7) is 0. The Balaban J connectivity index is 2.40. The summed E-state index contributed by atoms with van der Waals surface area (Å²) in [7, 11) is 1.83. The van der Waals surface area contributed by atoms with Crippen LogP contribution in [0, 0.1) is 0 Å². The molecule has 1 aromatic heterocycles. The fraction of sp³-hybridized carbons (Fsp3) is 0.0909. The molecule has 0 fully saturated rings. The lowest BCUT2D eigenvalue weighted by Gasteiger charge is -2.03. The van der Waals surface area contributed by atoms with Gasteiger partial charge < -0.3 is 5.32 Å². The molecule has 2 aromatic rings. The van der Waals surface area contributed by atoms with E-state index in [1.807, 2.05) is 31.3 Å². The van der Waals surface area contributed by atoms with E-state index in [1.165, 1.54) is 0 Å². The Kier molecular flexibility index (Phi) is 2.97. The van der Waals surface area contributed by atoms with Gasteiger partial charge in [-0.3, -0.25) is 4.98 Å². The van der Waals surface area contributed by atoms with Crippen LogP contribution in [-0.2, 0) is 0 Å². The molecule has 0 bridgehead atoms. The monoisotopic (exact) mass is 263 g/mol. The van der Waals surface area contributed by atoms with Crippen LogP contribution in [0.5, 0.6) is 0 Å². The molecule has 0 radical (unpaired) electrons. The van der Waals surface area contributed by atoms with Gasteiger partial charge in [0.2, 0.25) is 0 Å². The number of nitrogens with zero attached hydrogens (tertiary/aromatic N) is 2. The number of hydrogen-bond donors (Lipinski definition) is 1. The zero-order valence-corrected chi connectivity index (χ0v) is 9.82. The highest BCUT2D eigenvalue weighted by atomic mass is 79.9. The Bertz CT molecular complexity index is 454. The normalized spacial score (nSPS) is 10.0. The standard InChI is InChI=1S/C11H10BrN3/c1-13-11-7-14-6-10(15-11)8-2-4-9(12)5-3-8/h2-7H,1H3,(H,13,15). The molecule has 3 nitrogen and oxygen atoms in total. The van der Waals surface area contributed by atoms with Crippen LogP contribution in [-0.4, -0.2) is 17.0 Å². The van der Waals surface area contributed by atoms with Gasteiger partial charge in [-0.15, -0.1) is 0 Å². The lowest BCUT2D eigenvalue weighted by atomic mass is 10.2. The number of rotatable bonds is 2. The van der Waals surface area contributed by atoms with Gasteiger partial charge in [0, 0.05) is 17.1 Å². The highest BCUT2D eigenvalue weighted by Gasteiger charge is 2.00. The number of hydrogen-bond acceptors (Lipinski definition) is 3. The van der Waals surface area contributed by atoms with Gasteiger partial charge >= 0.3 is 0 Å². The molecule has 15 heavy (non-hydrogen) atoms. The van der Waals surface area contributed by atoms with Crippen molar-refractivity contribution in [2.45, 2.75) is 0 Å². The average Bonchev–Trinajstić information content (AvgIpc) is 2.30. The second kappa shape index (κ2) is 4.40. The van der Waals surface area contributed by atoms with Crippen molar-refractivity contribution in [1.82, 2.24) is 9.97 Å². The maximum absolute atomic E-state index is 4.40. The van der Waals surface area contributed by atoms with E-state index in [4.69, 9.17) is 0 Å². The molecule has 0 saturated heterocycles. The van der Waals surface area contributed by atoms with Crippen molar-refractivity contribution in [1.29, 1.82) is 0 Å². The van der Waals surface area contributed by atoms with Crippen molar-refractivity contribution < 1.29 is 0 Å². The van der Waals surface area contributed by atoms with Gasteiger partial charge in [0.05, 0.1) is 18.1 Å². The number of benzene rings is 1. The summed E-state index contributed by atoms with van der Waals surface area (Å²) >= 11 is 3.40.